The van der Waals surface area contributed by atoms with Crippen LogP contribution in [0.4, 0.5) is 0 Å². The van der Waals surface area contributed by atoms with E-state index in [-0.39, 0.29) is 5.54 Å². The van der Waals surface area contributed by atoms with Crippen molar-refractivity contribution < 1.29 is 0 Å². The monoisotopic (exact) mass is 223 g/mol. The molecule has 1 aliphatic carbocycles. The average molecular weight is 224 g/mol. The van der Waals surface area contributed by atoms with Crippen molar-refractivity contribution in [2.24, 2.45) is 0 Å². The highest BCUT2D eigenvalue weighted by atomic mass is 35.5. The van der Waals surface area contributed by atoms with Gasteiger partial charge in [-0.05, 0) is 37.8 Å². The lowest BCUT2D eigenvalue weighted by atomic mass is 9.78. The molecule has 0 aliphatic heterocycles. The second kappa shape index (κ2) is 5.00. The molecule has 1 aliphatic rings. The summed E-state index contributed by atoms with van der Waals surface area (Å²) >= 11 is 5.98. The molecule has 1 saturated carbocycles. The minimum absolute atomic E-state index is 0.260. The molecule has 1 nitrogen and oxygen atoms in total. The molecule has 0 spiro atoms. The van der Waals surface area contributed by atoms with Crippen LogP contribution in [0.1, 0.15) is 24.8 Å². The summed E-state index contributed by atoms with van der Waals surface area (Å²) in [5.74, 6) is 0.752. The van der Waals surface area contributed by atoms with E-state index in [4.69, 9.17) is 11.6 Å². The number of rotatable bonds is 5. The molecule has 1 fully saturated rings. The molecular formula is C13H18ClN. The predicted octanol–water partition coefficient (Wildman–Crippen LogP) is 2.98. The zero-order valence-corrected chi connectivity index (χ0v) is 9.76. The van der Waals surface area contributed by atoms with Crippen LogP contribution >= 0.6 is 11.6 Å². The second-order valence-corrected chi connectivity index (χ2v) is 4.70. The Hall–Kier alpha value is -0.530. The summed E-state index contributed by atoms with van der Waals surface area (Å²) in [6.07, 6.45) is 4.90. The molecule has 1 aromatic carbocycles. The molecule has 2 rings (SSSR count). The van der Waals surface area contributed by atoms with Crippen molar-refractivity contribution in [1.82, 2.24) is 5.32 Å². The summed E-state index contributed by atoms with van der Waals surface area (Å²) in [5, 5.41) is 3.60. The molecule has 0 heterocycles. The van der Waals surface area contributed by atoms with Crippen LogP contribution in [0.5, 0.6) is 0 Å². The fourth-order valence-corrected chi connectivity index (χ4v) is 2.44. The lowest BCUT2D eigenvalue weighted by molar-refractivity contribution is 0.215. The van der Waals surface area contributed by atoms with E-state index in [1.54, 1.807) is 0 Å². The van der Waals surface area contributed by atoms with Gasteiger partial charge in [0.1, 0.15) is 0 Å². The number of halogens is 1. The fourth-order valence-electron chi connectivity index (χ4n) is 2.08. The van der Waals surface area contributed by atoms with E-state index in [0.717, 1.165) is 18.8 Å². The Morgan fingerprint density at radius 3 is 2.47 bits per heavy atom. The quantitative estimate of drug-likeness (QED) is 0.757. The van der Waals surface area contributed by atoms with Crippen LogP contribution in [0.3, 0.4) is 0 Å². The summed E-state index contributed by atoms with van der Waals surface area (Å²) in [4.78, 5) is 0. The summed E-state index contributed by atoms with van der Waals surface area (Å²) < 4.78 is 0. The minimum atomic E-state index is 0.260. The van der Waals surface area contributed by atoms with E-state index in [1.807, 2.05) is 0 Å². The van der Waals surface area contributed by atoms with Gasteiger partial charge < -0.3 is 5.32 Å². The summed E-state index contributed by atoms with van der Waals surface area (Å²) in [5.41, 5.74) is 1.66. The topological polar surface area (TPSA) is 12.0 Å². The van der Waals surface area contributed by atoms with Crippen molar-refractivity contribution in [1.29, 1.82) is 0 Å². The smallest absolute Gasteiger partial charge is 0.0406 e. The molecule has 0 atom stereocenters. The normalized spacial score (nSPS) is 18.5. The molecule has 1 aromatic rings. The molecule has 0 bridgehead atoms. The zero-order chi connectivity index (χ0) is 10.6. The molecule has 15 heavy (non-hydrogen) atoms. The molecule has 82 valence electrons. The van der Waals surface area contributed by atoms with Crippen LogP contribution in [-0.2, 0) is 6.42 Å². The molecule has 0 radical (unpaired) electrons. The zero-order valence-electron chi connectivity index (χ0n) is 9.01. The van der Waals surface area contributed by atoms with Crippen LogP contribution in [0.25, 0.3) is 0 Å². The van der Waals surface area contributed by atoms with Crippen molar-refractivity contribution >= 4 is 11.6 Å². The van der Waals surface area contributed by atoms with Gasteiger partial charge >= 0.3 is 0 Å². The summed E-state index contributed by atoms with van der Waals surface area (Å²) in [6, 6.07) is 10.6. The largest absolute Gasteiger partial charge is 0.310 e. The number of hydrogen-bond acceptors (Lipinski definition) is 1. The number of benzene rings is 1. The third kappa shape index (κ3) is 2.73. The first-order chi connectivity index (χ1) is 7.35. The van der Waals surface area contributed by atoms with E-state index >= 15 is 0 Å². The van der Waals surface area contributed by atoms with Crippen molar-refractivity contribution in [3.8, 4) is 0 Å². The predicted molar refractivity (Wildman–Crippen MR) is 65.5 cm³/mol. The summed E-state index contributed by atoms with van der Waals surface area (Å²) in [6.45, 7) is 1.04. The Kier molecular flexibility index (Phi) is 3.66. The fraction of sp³-hybridized carbons (Fsp3) is 0.538. The van der Waals surface area contributed by atoms with Gasteiger partial charge in [-0.1, -0.05) is 30.3 Å². The first-order valence-electron chi connectivity index (χ1n) is 5.70. The van der Waals surface area contributed by atoms with Gasteiger partial charge in [0.25, 0.3) is 0 Å². The number of alkyl halides is 1. The third-order valence-electron chi connectivity index (χ3n) is 3.32. The van der Waals surface area contributed by atoms with Crippen molar-refractivity contribution in [3.63, 3.8) is 0 Å². The highest BCUT2D eigenvalue weighted by molar-refractivity contribution is 6.18. The maximum Gasteiger partial charge on any atom is 0.0406 e. The van der Waals surface area contributed by atoms with Crippen LogP contribution in [-0.4, -0.2) is 18.0 Å². The van der Waals surface area contributed by atoms with E-state index in [0.29, 0.717) is 0 Å². The lowest BCUT2D eigenvalue weighted by Gasteiger charge is -2.41. The van der Waals surface area contributed by atoms with Gasteiger partial charge in [0.2, 0.25) is 0 Å². The van der Waals surface area contributed by atoms with Crippen molar-refractivity contribution in [2.45, 2.75) is 31.2 Å². The van der Waals surface area contributed by atoms with Gasteiger partial charge in [-0.3, -0.25) is 0 Å². The van der Waals surface area contributed by atoms with Crippen LogP contribution < -0.4 is 5.32 Å². The standard InChI is InChI=1S/C13H18ClN/c14-11-13(8-4-9-13)15-10-7-12-5-2-1-3-6-12/h1-3,5-6,15H,4,7-11H2. The molecule has 0 unspecified atom stereocenters. The van der Waals surface area contributed by atoms with E-state index < -0.39 is 0 Å². The Balaban J connectivity index is 1.75. The molecule has 1 N–H and O–H groups in total. The Morgan fingerprint density at radius 2 is 1.93 bits per heavy atom. The molecule has 0 saturated heterocycles. The highest BCUT2D eigenvalue weighted by Gasteiger charge is 2.34. The van der Waals surface area contributed by atoms with Gasteiger partial charge in [-0.15, -0.1) is 11.6 Å². The van der Waals surface area contributed by atoms with Crippen molar-refractivity contribution in [2.75, 3.05) is 12.4 Å². The Labute approximate surface area is 96.8 Å². The van der Waals surface area contributed by atoms with Gasteiger partial charge in [-0.2, -0.15) is 0 Å². The molecule has 0 amide bonds. The second-order valence-electron chi connectivity index (χ2n) is 4.43. The van der Waals surface area contributed by atoms with Crippen LogP contribution in [0.15, 0.2) is 30.3 Å². The maximum absolute atomic E-state index is 5.98. The molecular weight excluding hydrogens is 206 g/mol. The Morgan fingerprint density at radius 1 is 1.20 bits per heavy atom. The summed E-state index contributed by atoms with van der Waals surface area (Å²) in [7, 11) is 0. The Bertz CT molecular complexity index is 287. The first-order valence-corrected chi connectivity index (χ1v) is 6.23. The highest BCUT2D eigenvalue weighted by Crippen LogP contribution is 2.32. The maximum atomic E-state index is 5.98. The van der Waals surface area contributed by atoms with E-state index in [1.165, 1.54) is 24.8 Å². The first kappa shape index (κ1) is 11.0. The minimum Gasteiger partial charge on any atom is -0.310 e. The molecule has 2 heteroatoms. The average Bonchev–Trinajstić information content (AvgIpc) is 2.24. The van der Waals surface area contributed by atoms with Crippen LogP contribution in [0, 0.1) is 0 Å². The molecule has 0 aromatic heterocycles. The number of hydrogen-bond donors (Lipinski definition) is 1. The van der Waals surface area contributed by atoms with Gasteiger partial charge in [-0.25, -0.2) is 0 Å². The lowest BCUT2D eigenvalue weighted by Crippen LogP contribution is -2.53. The number of nitrogens with one attached hydrogen (secondary N) is 1. The van der Waals surface area contributed by atoms with Gasteiger partial charge in [0.15, 0.2) is 0 Å². The van der Waals surface area contributed by atoms with E-state index in [9.17, 15) is 0 Å². The van der Waals surface area contributed by atoms with Crippen molar-refractivity contribution in [3.05, 3.63) is 35.9 Å². The SMILES string of the molecule is ClCC1(NCCc2ccccc2)CCC1. The van der Waals surface area contributed by atoms with Gasteiger partial charge in [0.05, 0.1) is 0 Å². The third-order valence-corrected chi connectivity index (χ3v) is 3.83. The van der Waals surface area contributed by atoms with Crippen LogP contribution in [0.2, 0.25) is 0 Å². The van der Waals surface area contributed by atoms with Gasteiger partial charge in [0, 0.05) is 11.4 Å². The van der Waals surface area contributed by atoms with E-state index in [2.05, 4.69) is 35.6 Å².